The van der Waals surface area contributed by atoms with Crippen LogP contribution in [0.5, 0.6) is 17.2 Å². The summed E-state index contributed by atoms with van der Waals surface area (Å²) in [6.45, 7) is 6.23. The standard InChI is InChI=1S/C24H31N3O5/c1-6-14-32-22-18(8-7-9-20(22)31-5)15-25-27-24(29)21(16(2)3)26-23(28)17-10-12-19(30-4)13-11-17/h7-13,15-16,21H,6,14H2,1-5H3,(H,26,28)(H,27,29). The molecule has 8 nitrogen and oxygen atoms in total. The first-order valence-electron chi connectivity index (χ1n) is 10.5. The zero-order chi connectivity index (χ0) is 23.5. The lowest BCUT2D eigenvalue weighted by molar-refractivity contribution is -0.123. The van der Waals surface area contributed by atoms with Crippen molar-refractivity contribution in [3.8, 4) is 17.2 Å². The first kappa shape index (κ1) is 24.7. The Balaban J connectivity index is 2.08. The Morgan fingerprint density at radius 2 is 1.78 bits per heavy atom. The van der Waals surface area contributed by atoms with E-state index < -0.39 is 11.9 Å². The lowest BCUT2D eigenvalue weighted by atomic mass is 10.0. The van der Waals surface area contributed by atoms with E-state index in [4.69, 9.17) is 14.2 Å². The molecule has 32 heavy (non-hydrogen) atoms. The van der Waals surface area contributed by atoms with Crippen LogP contribution in [-0.4, -0.2) is 44.9 Å². The van der Waals surface area contributed by atoms with E-state index in [-0.39, 0.29) is 11.8 Å². The van der Waals surface area contributed by atoms with E-state index in [0.29, 0.717) is 35.0 Å². The number of nitrogens with zero attached hydrogens (tertiary/aromatic N) is 1. The molecule has 0 spiro atoms. The van der Waals surface area contributed by atoms with Crippen molar-refractivity contribution in [2.75, 3.05) is 20.8 Å². The first-order valence-corrected chi connectivity index (χ1v) is 10.5. The van der Waals surface area contributed by atoms with Crippen LogP contribution < -0.4 is 25.0 Å². The number of nitrogens with one attached hydrogen (secondary N) is 2. The monoisotopic (exact) mass is 441 g/mol. The van der Waals surface area contributed by atoms with Crippen LogP contribution in [-0.2, 0) is 4.79 Å². The maximum Gasteiger partial charge on any atom is 0.262 e. The summed E-state index contributed by atoms with van der Waals surface area (Å²) >= 11 is 0. The largest absolute Gasteiger partial charge is 0.497 e. The van der Waals surface area contributed by atoms with Gasteiger partial charge in [0, 0.05) is 11.1 Å². The third-order valence-corrected chi connectivity index (χ3v) is 4.65. The van der Waals surface area contributed by atoms with Crippen LogP contribution in [0.2, 0.25) is 0 Å². The fraction of sp³-hybridized carbons (Fsp3) is 0.375. The molecule has 2 aromatic carbocycles. The molecule has 0 radical (unpaired) electrons. The van der Waals surface area contributed by atoms with Gasteiger partial charge in [-0.1, -0.05) is 26.8 Å². The summed E-state index contributed by atoms with van der Waals surface area (Å²) in [4.78, 5) is 25.3. The average Bonchev–Trinajstić information content (AvgIpc) is 2.80. The molecule has 2 N–H and O–H groups in total. The molecule has 0 aliphatic carbocycles. The van der Waals surface area contributed by atoms with E-state index in [2.05, 4.69) is 15.8 Å². The van der Waals surface area contributed by atoms with Gasteiger partial charge in [0.15, 0.2) is 11.5 Å². The molecule has 0 heterocycles. The van der Waals surface area contributed by atoms with E-state index in [1.807, 2.05) is 32.9 Å². The van der Waals surface area contributed by atoms with Gasteiger partial charge in [0.1, 0.15) is 11.8 Å². The number of benzene rings is 2. The molecule has 0 saturated heterocycles. The van der Waals surface area contributed by atoms with Crippen molar-refractivity contribution in [1.82, 2.24) is 10.7 Å². The van der Waals surface area contributed by atoms with Gasteiger partial charge >= 0.3 is 0 Å². The van der Waals surface area contributed by atoms with Gasteiger partial charge in [-0.05, 0) is 48.7 Å². The normalized spacial score (nSPS) is 11.8. The molecular weight excluding hydrogens is 410 g/mol. The number of rotatable bonds is 11. The maximum atomic E-state index is 12.7. The van der Waals surface area contributed by atoms with Crippen LogP contribution in [0.3, 0.4) is 0 Å². The minimum Gasteiger partial charge on any atom is -0.497 e. The van der Waals surface area contributed by atoms with Crippen molar-refractivity contribution < 1.29 is 23.8 Å². The number of hydrazone groups is 1. The van der Waals surface area contributed by atoms with Crippen LogP contribution in [0.25, 0.3) is 0 Å². The van der Waals surface area contributed by atoms with Gasteiger partial charge < -0.3 is 19.5 Å². The summed E-state index contributed by atoms with van der Waals surface area (Å²) in [5, 5.41) is 6.83. The molecule has 0 saturated carbocycles. The Hall–Kier alpha value is -3.55. The first-order chi connectivity index (χ1) is 15.4. The molecule has 172 valence electrons. The van der Waals surface area contributed by atoms with Gasteiger partial charge in [-0.3, -0.25) is 9.59 Å². The second-order valence-corrected chi connectivity index (χ2v) is 7.38. The van der Waals surface area contributed by atoms with Gasteiger partial charge in [0.05, 0.1) is 27.0 Å². The third-order valence-electron chi connectivity index (χ3n) is 4.65. The number of para-hydroxylation sites is 1. The van der Waals surface area contributed by atoms with Crippen LogP contribution in [0.1, 0.15) is 43.1 Å². The quantitative estimate of drug-likeness (QED) is 0.411. The Morgan fingerprint density at radius 1 is 1.06 bits per heavy atom. The van der Waals surface area contributed by atoms with Gasteiger partial charge in [-0.2, -0.15) is 5.10 Å². The molecule has 0 aliphatic rings. The Bertz CT molecular complexity index is 926. The predicted molar refractivity (Wildman–Crippen MR) is 124 cm³/mol. The molecule has 0 bridgehead atoms. The molecule has 1 atom stereocenters. The SMILES string of the molecule is CCCOc1c(C=NNC(=O)C(NC(=O)c2ccc(OC)cc2)C(C)C)cccc1OC. The average molecular weight is 442 g/mol. The van der Waals surface area contributed by atoms with E-state index in [9.17, 15) is 9.59 Å². The topological polar surface area (TPSA) is 98.2 Å². The van der Waals surface area contributed by atoms with Crippen LogP contribution in [0.15, 0.2) is 47.6 Å². The number of ether oxygens (including phenoxy) is 3. The minimum absolute atomic E-state index is 0.146. The molecule has 0 aromatic heterocycles. The summed E-state index contributed by atoms with van der Waals surface area (Å²) in [6.07, 6.45) is 2.34. The molecule has 8 heteroatoms. The minimum atomic E-state index is -0.761. The highest BCUT2D eigenvalue weighted by atomic mass is 16.5. The lowest BCUT2D eigenvalue weighted by Gasteiger charge is -2.20. The summed E-state index contributed by atoms with van der Waals surface area (Å²) in [5.74, 6) is 0.871. The Kier molecular flexibility index (Phi) is 9.53. The summed E-state index contributed by atoms with van der Waals surface area (Å²) < 4.78 is 16.2. The maximum absolute atomic E-state index is 12.7. The summed E-state index contributed by atoms with van der Waals surface area (Å²) in [7, 11) is 3.12. The molecule has 2 aromatic rings. The van der Waals surface area contributed by atoms with Crippen LogP contribution >= 0.6 is 0 Å². The number of carbonyl (C=O) groups excluding carboxylic acids is 2. The predicted octanol–water partition coefficient (Wildman–Crippen LogP) is 3.40. The number of hydrogen-bond acceptors (Lipinski definition) is 6. The smallest absolute Gasteiger partial charge is 0.262 e. The number of carbonyl (C=O) groups is 2. The van der Waals surface area contributed by atoms with Crippen molar-refractivity contribution in [3.05, 3.63) is 53.6 Å². The molecule has 2 rings (SSSR count). The summed E-state index contributed by atoms with van der Waals surface area (Å²) in [5.41, 5.74) is 3.61. The van der Waals surface area contributed by atoms with Crippen molar-refractivity contribution >= 4 is 18.0 Å². The Labute approximate surface area is 188 Å². The highest BCUT2D eigenvalue weighted by molar-refractivity contribution is 5.98. The second kappa shape index (κ2) is 12.3. The molecule has 0 fully saturated rings. The van der Waals surface area contributed by atoms with Gasteiger partial charge in [0.25, 0.3) is 11.8 Å². The second-order valence-electron chi connectivity index (χ2n) is 7.38. The molecule has 1 unspecified atom stereocenters. The van der Waals surface area contributed by atoms with E-state index in [1.165, 1.54) is 6.21 Å². The van der Waals surface area contributed by atoms with Crippen molar-refractivity contribution in [3.63, 3.8) is 0 Å². The van der Waals surface area contributed by atoms with Crippen LogP contribution in [0.4, 0.5) is 0 Å². The number of amides is 2. The number of methoxy groups -OCH3 is 2. The highest BCUT2D eigenvalue weighted by Crippen LogP contribution is 2.30. The lowest BCUT2D eigenvalue weighted by Crippen LogP contribution is -2.48. The van der Waals surface area contributed by atoms with Crippen LogP contribution in [0, 0.1) is 5.92 Å². The molecule has 0 aliphatic heterocycles. The zero-order valence-corrected chi connectivity index (χ0v) is 19.2. The van der Waals surface area contributed by atoms with Gasteiger partial charge in [0.2, 0.25) is 0 Å². The third kappa shape index (κ3) is 6.73. The highest BCUT2D eigenvalue weighted by Gasteiger charge is 2.24. The molecular formula is C24H31N3O5. The van der Waals surface area contributed by atoms with Crippen molar-refractivity contribution in [2.45, 2.75) is 33.2 Å². The molecule has 2 amide bonds. The fourth-order valence-corrected chi connectivity index (χ4v) is 2.89. The fourth-order valence-electron chi connectivity index (χ4n) is 2.89. The van der Waals surface area contributed by atoms with E-state index in [0.717, 1.165) is 6.42 Å². The van der Waals surface area contributed by atoms with Crippen molar-refractivity contribution in [2.24, 2.45) is 11.0 Å². The van der Waals surface area contributed by atoms with Crippen molar-refractivity contribution in [1.29, 1.82) is 0 Å². The summed E-state index contributed by atoms with van der Waals surface area (Å²) in [6, 6.07) is 11.3. The zero-order valence-electron chi connectivity index (χ0n) is 19.2. The van der Waals surface area contributed by atoms with E-state index in [1.54, 1.807) is 44.6 Å². The Morgan fingerprint density at radius 3 is 2.38 bits per heavy atom. The van der Waals surface area contributed by atoms with E-state index >= 15 is 0 Å². The van der Waals surface area contributed by atoms with Gasteiger partial charge in [-0.15, -0.1) is 0 Å². The van der Waals surface area contributed by atoms with Gasteiger partial charge in [-0.25, -0.2) is 5.43 Å². The number of hydrogen-bond donors (Lipinski definition) is 2.